The Morgan fingerprint density at radius 1 is 1.08 bits per heavy atom. The van der Waals surface area contributed by atoms with Crippen molar-refractivity contribution in [2.75, 3.05) is 52.5 Å². The van der Waals surface area contributed by atoms with Crippen LogP contribution in [0, 0.1) is 5.41 Å². The predicted molar refractivity (Wildman–Crippen MR) is 106 cm³/mol. The van der Waals surface area contributed by atoms with Gasteiger partial charge >= 0.3 is 0 Å². The quantitative estimate of drug-likeness (QED) is 0.825. The molecule has 1 spiro atoms. The Balaban J connectivity index is 1.42. The van der Waals surface area contributed by atoms with Crippen molar-refractivity contribution in [1.29, 1.82) is 0 Å². The Hall–Kier alpha value is -0.940. The number of hydrogen-bond acceptors (Lipinski definition) is 4. The first-order valence-corrected chi connectivity index (χ1v) is 10.3. The number of benzene rings is 1. The molecule has 4 heteroatoms. The molecule has 0 amide bonds. The normalized spacial score (nSPS) is 27.3. The molecule has 0 N–H and O–H groups in total. The van der Waals surface area contributed by atoms with Gasteiger partial charge in [-0.2, -0.15) is 0 Å². The predicted octanol–water partition coefficient (Wildman–Crippen LogP) is 2.69. The fourth-order valence-electron chi connectivity index (χ4n) is 4.98. The second-order valence-electron chi connectivity index (χ2n) is 9.82. The van der Waals surface area contributed by atoms with Crippen molar-refractivity contribution in [3.63, 3.8) is 0 Å². The minimum absolute atomic E-state index is 0.347. The first-order chi connectivity index (χ1) is 12.4. The van der Waals surface area contributed by atoms with Gasteiger partial charge in [-0.1, -0.05) is 51.1 Å². The van der Waals surface area contributed by atoms with Crippen molar-refractivity contribution in [2.45, 2.75) is 45.3 Å². The van der Waals surface area contributed by atoms with Crippen LogP contribution in [0.2, 0.25) is 0 Å². The molecular weight excluding hydrogens is 322 g/mol. The second kappa shape index (κ2) is 7.23. The van der Waals surface area contributed by atoms with E-state index in [9.17, 15) is 0 Å². The Bertz CT molecular complexity index is 591. The van der Waals surface area contributed by atoms with Gasteiger partial charge in [-0.3, -0.25) is 14.7 Å². The van der Waals surface area contributed by atoms with E-state index < -0.39 is 0 Å². The van der Waals surface area contributed by atoms with Crippen LogP contribution in [0.25, 0.3) is 0 Å². The highest BCUT2D eigenvalue weighted by Gasteiger charge is 2.53. The van der Waals surface area contributed by atoms with E-state index in [1.165, 1.54) is 38.2 Å². The third kappa shape index (κ3) is 3.99. The lowest BCUT2D eigenvalue weighted by molar-refractivity contribution is -0.167. The Labute approximate surface area is 159 Å². The molecule has 4 rings (SSSR count). The van der Waals surface area contributed by atoms with Crippen molar-refractivity contribution >= 4 is 0 Å². The zero-order valence-corrected chi connectivity index (χ0v) is 16.8. The summed E-state index contributed by atoms with van der Waals surface area (Å²) in [7, 11) is 0. The molecule has 3 heterocycles. The monoisotopic (exact) mass is 357 g/mol. The lowest BCUT2D eigenvalue weighted by atomic mass is 9.81. The van der Waals surface area contributed by atoms with Crippen molar-refractivity contribution < 1.29 is 4.74 Å². The highest BCUT2D eigenvalue weighted by molar-refractivity contribution is 5.17. The Kier molecular flexibility index (Phi) is 5.13. The molecule has 26 heavy (non-hydrogen) atoms. The number of nitrogens with zero attached hydrogens (tertiary/aromatic N) is 3. The zero-order valence-electron chi connectivity index (χ0n) is 16.8. The summed E-state index contributed by atoms with van der Waals surface area (Å²) in [5, 5.41) is 0. The lowest BCUT2D eigenvalue weighted by Gasteiger charge is -2.63. The highest BCUT2D eigenvalue weighted by atomic mass is 16.5. The van der Waals surface area contributed by atoms with Gasteiger partial charge in [-0.15, -0.1) is 0 Å². The van der Waals surface area contributed by atoms with Gasteiger partial charge in [0.1, 0.15) is 0 Å². The van der Waals surface area contributed by atoms with E-state index in [-0.39, 0.29) is 0 Å². The van der Waals surface area contributed by atoms with Crippen molar-refractivity contribution in [3.8, 4) is 0 Å². The zero-order chi connectivity index (χ0) is 18.2. The maximum absolute atomic E-state index is 5.84. The van der Waals surface area contributed by atoms with E-state index in [0.717, 1.165) is 32.8 Å². The summed E-state index contributed by atoms with van der Waals surface area (Å²) >= 11 is 0. The van der Waals surface area contributed by atoms with Crippen LogP contribution in [0.5, 0.6) is 0 Å². The van der Waals surface area contributed by atoms with Crippen LogP contribution in [0.4, 0.5) is 0 Å². The molecule has 3 aliphatic heterocycles. The van der Waals surface area contributed by atoms with E-state index in [1.54, 1.807) is 0 Å². The number of likely N-dealkylation sites (tertiary alicyclic amines) is 1. The van der Waals surface area contributed by atoms with Gasteiger partial charge in [0, 0.05) is 45.3 Å². The molecule has 3 saturated heterocycles. The summed E-state index contributed by atoms with van der Waals surface area (Å²) in [5.41, 5.74) is 2.20. The molecule has 1 aromatic rings. The van der Waals surface area contributed by atoms with Crippen molar-refractivity contribution in [3.05, 3.63) is 35.9 Å². The molecule has 1 atom stereocenters. The number of hydrogen-bond donors (Lipinski definition) is 0. The molecule has 0 bridgehead atoms. The van der Waals surface area contributed by atoms with Crippen LogP contribution in [-0.4, -0.2) is 78.8 Å². The average Bonchev–Trinajstić information content (AvgIpc) is 2.58. The second-order valence-corrected chi connectivity index (χ2v) is 9.82. The first kappa shape index (κ1) is 18.4. The highest BCUT2D eigenvalue weighted by Crippen LogP contribution is 2.36. The number of fused-ring (bicyclic) bond motifs is 2. The molecule has 0 radical (unpaired) electrons. The van der Waals surface area contributed by atoms with Gasteiger partial charge in [0.15, 0.2) is 0 Å². The molecule has 1 aromatic carbocycles. The third-order valence-corrected chi connectivity index (χ3v) is 6.29. The van der Waals surface area contributed by atoms with Gasteiger partial charge < -0.3 is 4.74 Å². The van der Waals surface area contributed by atoms with E-state index in [4.69, 9.17) is 4.74 Å². The molecule has 0 aromatic heterocycles. The number of rotatable bonds is 4. The van der Waals surface area contributed by atoms with Gasteiger partial charge in [0.2, 0.25) is 0 Å². The van der Waals surface area contributed by atoms with Crippen LogP contribution in [0.1, 0.15) is 32.8 Å². The molecule has 144 valence electrons. The number of ether oxygens (including phenoxy) is 1. The fraction of sp³-hybridized carbons (Fsp3) is 0.727. The molecule has 3 aliphatic rings. The molecule has 3 fully saturated rings. The number of morpholine rings is 1. The number of piperazine rings is 1. The third-order valence-electron chi connectivity index (χ3n) is 6.29. The minimum atomic E-state index is 0.347. The van der Waals surface area contributed by atoms with E-state index in [1.807, 2.05) is 0 Å². The maximum Gasteiger partial charge on any atom is 0.0635 e. The summed E-state index contributed by atoms with van der Waals surface area (Å²) in [6.07, 6.45) is 1.28. The molecule has 4 nitrogen and oxygen atoms in total. The largest absolute Gasteiger partial charge is 0.378 e. The molecule has 0 aliphatic carbocycles. The smallest absolute Gasteiger partial charge is 0.0635 e. The van der Waals surface area contributed by atoms with Crippen LogP contribution < -0.4 is 0 Å². The van der Waals surface area contributed by atoms with Gasteiger partial charge in [-0.05, 0) is 23.9 Å². The van der Waals surface area contributed by atoms with Gasteiger partial charge in [0.05, 0.1) is 18.8 Å². The van der Waals surface area contributed by atoms with E-state index in [2.05, 4.69) is 65.8 Å². The standard InChI is InChI=1S/C22H35N3O/c1-21(2,3)9-10-23-16-22(17-23)18-24(13-19-7-5-4-6-8-19)14-20-15-26-12-11-25(20)22/h4-8,20H,9-18H2,1-3H3. The fourth-order valence-corrected chi connectivity index (χ4v) is 4.98. The topological polar surface area (TPSA) is 19.0 Å². The maximum atomic E-state index is 5.84. The van der Waals surface area contributed by atoms with Crippen molar-refractivity contribution in [1.82, 2.24) is 14.7 Å². The summed E-state index contributed by atoms with van der Waals surface area (Å²) in [6.45, 7) is 17.0. The minimum Gasteiger partial charge on any atom is -0.378 e. The SMILES string of the molecule is CC(C)(C)CCN1CC2(CN(Cc3ccccc3)CC3COCCN32)C1. The average molecular weight is 358 g/mol. The Morgan fingerprint density at radius 2 is 1.81 bits per heavy atom. The summed E-state index contributed by atoms with van der Waals surface area (Å²) in [6, 6.07) is 11.5. The van der Waals surface area contributed by atoms with Crippen LogP contribution >= 0.6 is 0 Å². The summed E-state index contributed by atoms with van der Waals surface area (Å²) in [5.74, 6) is 0. The van der Waals surface area contributed by atoms with Crippen LogP contribution in [-0.2, 0) is 11.3 Å². The molecule has 1 unspecified atom stereocenters. The lowest BCUT2D eigenvalue weighted by Crippen LogP contribution is -2.80. The molecule has 0 saturated carbocycles. The van der Waals surface area contributed by atoms with Gasteiger partial charge in [0.25, 0.3) is 0 Å². The summed E-state index contributed by atoms with van der Waals surface area (Å²) < 4.78 is 5.84. The summed E-state index contributed by atoms with van der Waals surface area (Å²) in [4.78, 5) is 8.14. The Morgan fingerprint density at radius 3 is 2.54 bits per heavy atom. The molecular formula is C22H35N3O. The first-order valence-electron chi connectivity index (χ1n) is 10.3. The van der Waals surface area contributed by atoms with E-state index in [0.29, 0.717) is 17.0 Å². The van der Waals surface area contributed by atoms with Crippen molar-refractivity contribution in [2.24, 2.45) is 5.41 Å². The van der Waals surface area contributed by atoms with Crippen LogP contribution in [0.15, 0.2) is 30.3 Å². The van der Waals surface area contributed by atoms with Gasteiger partial charge in [-0.25, -0.2) is 0 Å². The van der Waals surface area contributed by atoms with E-state index >= 15 is 0 Å². The van der Waals surface area contributed by atoms with Crippen LogP contribution in [0.3, 0.4) is 0 Å².